The van der Waals surface area contributed by atoms with Crippen molar-refractivity contribution in [1.29, 1.82) is 0 Å². The second-order valence-electron chi connectivity index (χ2n) is 5.67. The van der Waals surface area contributed by atoms with Crippen LogP contribution in [0.1, 0.15) is 19.4 Å². The Labute approximate surface area is 128 Å². The Balaban J connectivity index is 2.11. The molecule has 1 aliphatic rings. The maximum absolute atomic E-state index is 12.5. The molecule has 0 aliphatic carbocycles. The minimum Gasteiger partial charge on any atom is -0.378 e. The summed E-state index contributed by atoms with van der Waals surface area (Å²) in [4.78, 5) is 14.5. The summed E-state index contributed by atoms with van der Waals surface area (Å²) in [6, 6.07) is 7.73. The molecule has 20 heavy (non-hydrogen) atoms. The summed E-state index contributed by atoms with van der Waals surface area (Å²) < 4.78 is 6.40. The van der Waals surface area contributed by atoms with Crippen molar-refractivity contribution >= 4 is 21.8 Å². The van der Waals surface area contributed by atoms with Gasteiger partial charge in [0.1, 0.15) is 6.04 Å². The predicted molar refractivity (Wildman–Crippen MR) is 82.5 cm³/mol. The number of halogens is 1. The van der Waals surface area contributed by atoms with Gasteiger partial charge in [0.05, 0.1) is 18.8 Å². The van der Waals surface area contributed by atoms with Gasteiger partial charge in [-0.1, -0.05) is 34.1 Å². The Morgan fingerprint density at radius 1 is 1.45 bits per heavy atom. The molecule has 0 radical (unpaired) electrons. The zero-order valence-electron chi connectivity index (χ0n) is 12.1. The third kappa shape index (κ3) is 3.40. The number of hydrogen-bond acceptors (Lipinski definition) is 3. The summed E-state index contributed by atoms with van der Waals surface area (Å²) in [5.74, 6) is 0.00736. The lowest BCUT2D eigenvalue weighted by molar-refractivity contribution is -0.133. The van der Waals surface area contributed by atoms with Crippen LogP contribution in [-0.2, 0) is 15.1 Å². The lowest BCUT2D eigenvalue weighted by Gasteiger charge is -2.35. The van der Waals surface area contributed by atoms with E-state index in [1.807, 2.05) is 50.1 Å². The van der Waals surface area contributed by atoms with E-state index >= 15 is 0 Å². The van der Waals surface area contributed by atoms with Crippen molar-refractivity contribution in [2.75, 3.05) is 26.8 Å². The fourth-order valence-corrected chi connectivity index (χ4v) is 3.17. The van der Waals surface area contributed by atoms with Gasteiger partial charge in [-0.3, -0.25) is 9.69 Å². The van der Waals surface area contributed by atoms with Crippen LogP contribution in [0.3, 0.4) is 0 Å². The van der Waals surface area contributed by atoms with Crippen LogP contribution in [0.25, 0.3) is 0 Å². The van der Waals surface area contributed by atoms with Crippen molar-refractivity contribution in [3.8, 4) is 0 Å². The molecule has 1 saturated heterocycles. The summed E-state index contributed by atoms with van der Waals surface area (Å²) >= 11 is 3.54. The van der Waals surface area contributed by atoms with Crippen LogP contribution in [0.4, 0.5) is 0 Å². The van der Waals surface area contributed by atoms with Crippen LogP contribution in [0.15, 0.2) is 28.7 Å². The topological polar surface area (TPSA) is 41.6 Å². The molecule has 2 rings (SSSR count). The molecule has 1 atom stereocenters. The Morgan fingerprint density at radius 2 is 2.15 bits per heavy atom. The summed E-state index contributed by atoms with van der Waals surface area (Å²) in [5.41, 5.74) is 0.628. The van der Waals surface area contributed by atoms with E-state index in [4.69, 9.17) is 4.74 Å². The SMILES string of the molecule is CN1CCOC[C@H]1C(=O)NC(C)(C)c1ccccc1Br. The molecule has 1 aliphatic heterocycles. The van der Waals surface area contributed by atoms with Crippen LogP contribution < -0.4 is 5.32 Å². The number of carbonyl (C=O) groups excluding carboxylic acids is 1. The van der Waals surface area contributed by atoms with Gasteiger partial charge in [0.25, 0.3) is 0 Å². The van der Waals surface area contributed by atoms with E-state index in [1.165, 1.54) is 0 Å². The Bertz CT molecular complexity index is 491. The molecule has 110 valence electrons. The number of nitrogens with one attached hydrogen (secondary N) is 1. The number of rotatable bonds is 3. The molecule has 1 amide bonds. The lowest BCUT2D eigenvalue weighted by Crippen LogP contribution is -2.55. The molecule has 0 spiro atoms. The van der Waals surface area contributed by atoms with Gasteiger partial charge in [0, 0.05) is 11.0 Å². The van der Waals surface area contributed by atoms with Crippen LogP contribution in [-0.4, -0.2) is 43.7 Å². The predicted octanol–water partition coefficient (Wildman–Crippen LogP) is 2.13. The number of likely N-dealkylation sites (N-methyl/N-ethyl adjacent to an activating group) is 1. The van der Waals surface area contributed by atoms with E-state index < -0.39 is 5.54 Å². The van der Waals surface area contributed by atoms with E-state index in [1.54, 1.807) is 0 Å². The van der Waals surface area contributed by atoms with Crippen molar-refractivity contribution < 1.29 is 9.53 Å². The minimum absolute atomic E-state index is 0.00736. The van der Waals surface area contributed by atoms with E-state index in [-0.39, 0.29) is 11.9 Å². The number of morpholine rings is 1. The highest BCUT2D eigenvalue weighted by Crippen LogP contribution is 2.28. The highest BCUT2D eigenvalue weighted by molar-refractivity contribution is 9.10. The molecule has 4 nitrogen and oxygen atoms in total. The quantitative estimate of drug-likeness (QED) is 0.916. The van der Waals surface area contributed by atoms with E-state index in [9.17, 15) is 4.79 Å². The first kappa shape index (κ1) is 15.5. The Morgan fingerprint density at radius 3 is 2.80 bits per heavy atom. The van der Waals surface area contributed by atoms with Gasteiger partial charge >= 0.3 is 0 Å². The monoisotopic (exact) mass is 340 g/mol. The van der Waals surface area contributed by atoms with Gasteiger partial charge in [0.2, 0.25) is 5.91 Å². The number of carbonyl (C=O) groups is 1. The Hall–Kier alpha value is -0.910. The average Bonchev–Trinajstić information content (AvgIpc) is 2.38. The molecular formula is C15H21BrN2O2. The highest BCUT2D eigenvalue weighted by atomic mass is 79.9. The highest BCUT2D eigenvalue weighted by Gasteiger charge is 2.32. The van der Waals surface area contributed by atoms with Crippen LogP contribution in [0.5, 0.6) is 0 Å². The van der Waals surface area contributed by atoms with Crippen molar-refractivity contribution in [1.82, 2.24) is 10.2 Å². The van der Waals surface area contributed by atoms with Crippen LogP contribution in [0.2, 0.25) is 0 Å². The molecule has 0 saturated carbocycles. The number of ether oxygens (including phenoxy) is 1. The van der Waals surface area contributed by atoms with E-state index in [2.05, 4.69) is 21.2 Å². The first-order valence-electron chi connectivity index (χ1n) is 6.77. The number of benzene rings is 1. The van der Waals surface area contributed by atoms with Gasteiger partial charge in [-0.05, 0) is 32.5 Å². The zero-order valence-corrected chi connectivity index (χ0v) is 13.7. The maximum Gasteiger partial charge on any atom is 0.240 e. The van der Waals surface area contributed by atoms with Crippen molar-refractivity contribution in [3.63, 3.8) is 0 Å². The first-order chi connectivity index (χ1) is 9.42. The van der Waals surface area contributed by atoms with Gasteiger partial charge in [0.15, 0.2) is 0 Å². The van der Waals surface area contributed by atoms with Crippen molar-refractivity contribution in [2.24, 2.45) is 0 Å². The molecule has 1 N–H and O–H groups in total. The number of hydrogen-bond donors (Lipinski definition) is 1. The number of amides is 1. The average molecular weight is 341 g/mol. The number of nitrogens with zero attached hydrogens (tertiary/aromatic N) is 1. The fraction of sp³-hybridized carbons (Fsp3) is 0.533. The van der Waals surface area contributed by atoms with Gasteiger partial charge < -0.3 is 10.1 Å². The molecule has 0 bridgehead atoms. The third-order valence-electron chi connectivity index (χ3n) is 3.68. The largest absolute Gasteiger partial charge is 0.378 e. The summed E-state index contributed by atoms with van der Waals surface area (Å²) in [6.07, 6.45) is 0. The molecule has 5 heteroatoms. The maximum atomic E-state index is 12.5. The fourth-order valence-electron chi connectivity index (χ4n) is 2.39. The van der Waals surface area contributed by atoms with Crippen molar-refractivity contribution in [3.05, 3.63) is 34.3 Å². The van der Waals surface area contributed by atoms with Gasteiger partial charge in [-0.25, -0.2) is 0 Å². The molecule has 1 aromatic rings. The first-order valence-corrected chi connectivity index (χ1v) is 7.56. The zero-order chi connectivity index (χ0) is 14.8. The normalized spacial score (nSPS) is 20.7. The minimum atomic E-state index is -0.435. The van der Waals surface area contributed by atoms with Gasteiger partial charge in [-0.15, -0.1) is 0 Å². The second-order valence-corrected chi connectivity index (χ2v) is 6.52. The second kappa shape index (κ2) is 6.24. The molecular weight excluding hydrogens is 320 g/mol. The third-order valence-corrected chi connectivity index (χ3v) is 4.37. The van der Waals surface area contributed by atoms with E-state index in [0.29, 0.717) is 13.2 Å². The molecule has 1 aromatic carbocycles. The summed E-state index contributed by atoms with van der Waals surface area (Å²) in [7, 11) is 1.96. The summed E-state index contributed by atoms with van der Waals surface area (Å²) in [5, 5.41) is 3.12. The Kier molecular flexibility index (Phi) is 4.83. The molecule has 1 heterocycles. The lowest BCUT2D eigenvalue weighted by atomic mass is 9.94. The van der Waals surface area contributed by atoms with Crippen LogP contribution in [0, 0.1) is 0 Å². The van der Waals surface area contributed by atoms with Crippen molar-refractivity contribution in [2.45, 2.75) is 25.4 Å². The van der Waals surface area contributed by atoms with Crippen LogP contribution >= 0.6 is 15.9 Å². The van der Waals surface area contributed by atoms with E-state index in [0.717, 1.165) is 16.6 Å². The molecule has 0 aromatic heterocycles. The summed E-state index contributed by atoms with van der Waals surface area (Å²) in [6.45, 7) is 5.94. The molecule has 0 unspecified atom stereocenters. The standard InChI is InChI=1S/C15H21BrN2O2/c1-15(2,11-6-4-5-7-12(11)16)17-14(19)13-10-20-9-8-18(13)3/h4-7,13H,8-10H2,1-3H3,(H,17,19)/t13-/m0/s1. The smallest absolute Gasteiger partial charge is 0.240 e. The van der Waals surface area contributed by atoms with Gasteiger partial charge in [-0.2, -0.15) is 0 Å². The molecule has 1 fully saturated rings.